The molecule has 0 spiro atoms. The number of carbonyl (C=O) groups excluding carboxylic acids is 3. The van der Waals surface area contributed by atoms with Crippen LogP contribution in [-0.2, 0) is 16.1 Å². The molecule has 1 saturated heterocycles. The number of nitrogens with one attached hydrogen (secondary N) is 2. The molecule has 1 heterocycles. The van der Waals surface area contributed by atoms with E-state index in [-0.39, 0.29) is 12.2 Å². The summed E-state index contributed by atoms with van der Waals surface area (Å²) < 4.78 is 45.9. The van der Waals surface area contributed by atoms with E-state index in [4.69, 9.17) is 4.74 Å². The van der Waals surface area contributed by atoms with Gasteiger partial charge in [-0.15, -0.1) is 13.2 Å². The minimum absolute atomic E-state index is 0.120. The van der Waals surface area contributed by atoms with Crippen molar-refractivity contribution in [3.8, 4) is 5.75 Å². The van der Waals surface area contributed by atoms with Crippen LogP contribution in [0.3, 0.4) is 0 Å². The number of hydrogen-bond donors (Lipinski definition) is 2. The van der Waals surface area contributed by atoms with Gasteiger partial charge in [0, 0.05) is 24.8 Å². The number of urea groups is 1. The lowest BCUT2D eigenvalue weighted by Crippen LogP contribution is -2.47. The lowest BCUT2D eigenvalue weighted by Gasteiger charge is -2.24. The maximum absolute atomic E-state index is 12.8. The van der Waals surface area contributed by atoms with Gasteiger partial charge >= 0.3 is 18.4 Å². The van der Waals surface area contributed by atoms with Crippen LogP contribution >= 0.6 is 0 Å². The van der Waals surface area contributed by atoms with Gasteiger partial charge in [-0.1, -0.05) is 12.1 Å². The second-order valence-corrected chi connectivity index (χ2v) is 7.71. The Balaban J connectivity index is 1.63. The number of ether oxygens (including phenoxy) is 2. The lowest BCUT2D eigenvalue weighted by molar-refractivity contribution is -0.274. The Bertz CT molecular complexity index is 1070. The summed E-state index contributed by atoms with van der Waals surface area (Å²) in [5, 5.41) is 5.30. The molecule has 0 saturated carbocycles. The fraction of sp³-hybridized carbons (Fsp3) is 0.348. The van der Waals surface area contributed by atoms with Crippen molar-refractivity contribution in [3.05, 3.63) is 59.2 Å². The third-order valence-corrected chi connectivity index (χ3v) is 5.35. The number of esters is 1. The Hall–Kier alpha value is -3.76. The summed E-state index contributed by atoms with van der Waals surface area (Å²) in [5.74, 6) is -1.47. The monoisotopic (exact) mass is 479 g/mol. The third kappa shape index (κ3) is 6.40. The largest absolute Gasteiger partial charge is 0.573 e. The SMILES string of the molecule is COC(=O)c1ccc(C)c(CNC(=O)N2CCC[C@H]2C(=O)Nc2cccc(OC(F)(F)F)c2)c1. The van der Waals surface area contributed by atoms with Crippen LogP contribution in [0.4, 0.5) is 23.7 Å². The Labute approximate surface area is 194 Å². The molecule has 3 rings (SSSR count). The van der Waals surface area contributed by atoms with Crippen LogP contribution in [0.1, 0.15) is 34.3 Å². The van der Waals surface area contributed by atoms with Crippen molar-refractivity contribution in [2.45, 2.75) is 38.7 Å². The van der Waals surface area contributed by atoms with Gasteiger partial charge in [0.25, 0.3) is 0 Å². The molecule has 0 aliphatic carbocycles. The number of nitrogens with zero attached hydrogens (tertiary/aromatic N) is 1. The number of methoxy groups -OCH3 is 1. The Kier molecular flexibility index (Phi) is 7.64. The summed E-state index contributed by atoms with van der Waals surface area (Å²) in [6.45, 7) is 2.32. The second-order valence-electron chi connectivity index (χ2n) is 7.71. The molecule has 2 aromatic carbocycles. The highest BCUT2D eigenvalue weighted by Crippen LogP contribution is 2.26. The summed E-state index contributed by atoms with van der Waals surface area (Å²) in [6, 6.07) is 8.68. The van der Waals surface area contributed by atoms with Crippen molar-refractivity contribution in [2.24, 2.45) is 0 Å². The van der Waals surface area contributed by atoms with Crippen molar-refractivity contribution >= 4 is 23.6 Å². The molecule has 0 bridgehead atoms. The quantitative estimate of drug-likeness (QED) is 0.611. The van der Waals surface area contributed by atoms with Gasteiger partial charge in [-0.2, -0.15) is 0 Å². The molecule has 1 fully saturated rings. The summed E-state index contributed by atoms with van der Waals surface area (Å²) in [5.41, 5.74) is 2.06. The van der Waals surface area contributed by atoms with Crippen molar-refractivity contribution < 1.29 is 37.0 Å². The third-order valence-electron chi connectivity index (χ3n) is 5.35. The molecule has 1 atom stereocenters. The number of benzene rings is 2. The van der Waals surface area contributed by atoms with Gasteiger partial charge in [-0.05, 0) is 55.2 Å². The van der Waals surface area contributed by atoms with E-state index in [0.717, 1.165) is 23.3 Å². The molecule has 8 nitrogen and oxygen atoms in total. The number of carbonyl (C=O) groups is 3. The highest BCUT2D eigenvalue weighted by Gasteiger charge is 2.34. The number of rotatable bonds is 6. The number of likely N-dealkylation sites (tertiary alicyclic amines) is 1. The van der Waals surface area contributed by atoms with Gasteiger partial charge in [0.15, 0.2) is 0 Å². The van der Waals surface area contributed by atoms with Crippen molar-refractivity contribution in [1.82, 2.24) is 10.2 Å². The van der Waals surface area contributed by atoms with Gasteiger partial charge < -0.3 is 25.0 Å². The standard InChI is InChI=1S/C23H24F3N3O5/c1-14-8-9-15(21(31)33-2)11-16(14)13-27-22(32)29-10-4-7-19(29)20(30)28-17-5-3-6-18(12-17)34-23(24,25)26/h3,5-6,8-9,11-12,19H,4,7,10,13H2,1-2H3,(H,27,32)(H,28,30)/t19-/m0/s1. The van der Waals surface area contributed by atoms with Crippen molar-refractivity contribution in [2.75, 3.05) is 19.0 Å². The topological polar surface area (TPSA) is 97.0 Å². The van der Waals surface area contributed by atoms with Crippen LogP contribution in [0.2, 0.25) is 0 Å². The van der Waals surface area contributed by atoms with Gasteiger partial charge in [0.2, 0.25) is 5.91 Å². The predicted octanol–water partition coefficient (Wildman–Crippen LogP) is 3.99. The van der Waals surface area contributed by atoms with Gasteiger partial charge in [0.05, 0.1) is 12.7 Å². The van der Waals surface area contributed by atoms with Crippen LogP contribution in [0.15, 0.2) is 42.5 Å². The summed E-state index contributed by atoms with van der Waals surface area (Å²) in [7, 11) is 1.28. The molecule has 182 valence electrons. The zero-order valence-corrected chi connectivity index (χ0v) is 18.6. The smallest absolute Gasteiger partial charge is 0.465 e. The minimum Gasteiger partial charge on any atom is -0.465 e. The van der Waals surface area contributed by atoms with E-state index in [1.807, 2.05) is 6.92 Å². The van der Waals surface area contributed by atoms with E-state index < -0.39 is 36.1 Å². The fourth-order valence-electron chi connectivity index (χ4n) is 3.66. The van der Waals surface area contributed by atoms with E-state index in [1.54, 1.807) is 18.2 Å². The number of halogens is 3. The van der Waals surface area contributed by atoms with E-state index in [9.17, 15) is 27.6 Å². The number of hydrogen-bond acceptors (Lipinski definition) is 5. The minimum atomic E-state index is -4.85. The number of alkyl halides is 3. The molecule has 1 aliphatic heterocycles. The molecule has 0 unspecified atom stereocenters. The summed E-state index contributed by atoms with van der Waals surface area (Å²) in [4.78, 5) is 38.7. The molecule has 11 heteroatoms. The van der Waals surface area contributed by atoms with Gasteiger partial charge in [-0.3, -0.25) is 4.79 Å². The molecule has 34 heavy (non-hydrogen) atoms. The Morgan fingerprint density at radius 2 is 1.91 bits per heavy atom. The maximum Gasteiger partial charge on any atom is 0.573 e. The molecule has 1 aliphatic rings. The fourth-order valence-corrected chi connectivity index (χ4v) is 3.66. The highest BCUT2D eigenvalue weighted by molar-refractivity contribution is 5.97. The molecule has 0 radical (unpaired) electrons. The first-order chi connectivity index (χ1) is 16.1. The average Bonchev–Trinajstić information content (AvgIpc) is 3.27. The van der Waals surface area contributed by atoms with Crippen LogP contribution in [-0.4, -0.2) is 48.9 Å². The number of aryl methyl sites for hydroxylation is 1. The number of amides is 3. The van der Waals surface area contributed by atoms with Crippen LogP contribution in [0, 0.1) is 6.92 Å². The van der Waals surface area contributed by atoms with Crippen LogP contribution < -0.4 is 15.4 Å². The molecule has 2 aromatic rings. The average molecular weight is 479 g/mol. The van der Waals surface area contributed by atoms with Gasteiger partial charge in [0.1, 0.15) is 11.8 Å². The summed E-state index contributed by atoms with van der Waals surface area (Å²) >= 11 is 0. The Morgan fingerprint density at radius 3 is 2.62 bits per heavy atom. The highest BCUT2D eigenvalue weighted by atomic mass is 19.4. The molecular formula is C23H24F3N3O5. The lowest BCUT2D eigenvalue weighted by atomic mass is 10.1. The van der Waals surface area contributed by atoms with Gasteiger partial charge in [-0.25, -0.2) is 9.59 Å². The Morgan fingerprint density at radius 1 is 1.15 bits per heavy atom. The zero-order valence-electron chi connectivity index (χ0n) is 18.6. The first-order valence-electron chi connectivity index (χ1n) is 10.5. The molecule has 2 N–H and O–H groups in total. The normalized spacial score (nSPS) is 15.6. The molecule has 3 amide bonds. The number of anilines is 1. The summed E-state index contributed by atoms with van der Waals surface area (Å²) in [6.07, 6.45) is -3.84. The molecular weight excluding hydrogens is 455 g/mol. The second kappa shape index (κ2) is 10.4. The zero-order chi connectivity index (χ0) is 24.9. The first kappa shape index (κ1) is 24.9. The maximum atomic E-state index is 12.8. The molecule has 0 aromatic heterocycles. The van der Waals surface area contributed by atoms with E-state index in [1.165, 1.54) is 24.1 Å². The van der Waals surface area contributed by atoms with Crippen molar-refractivity contribution in [3.63, 3.8) is 0 Å². The predicted molar refractivity (Wildman–Crippen MR) is 116 cm³/mol. The van der Waals surface area contributed by atoms with E-state index in [2.05, 4.69) is 15.4 Å². The first-order valence-corrected chi connectivity index (χ1v) is 10.5. The van der Waals surface area contributed by atoms with E-state index in [0.29, 0.717) is 24.9 Å². The van der Waals surface area contributed by atoms with Crippen molar-refractivity contribution in [1.29, 1.82) is 0 Å². The van der Waals surface area contributed by atoms with Crippen LogP contribution in [0.25, 0.3) is 0 Å². The van der Waals surface area contributed by atoms with Crippen LogP contribution in [0.5, 0.6) is 5.75 Å². The van der Waals surface area contributed by atoms with E-state index >= 15 is 0 Å².